The molecule has 0 unspecified atom stereocenters. The Bertz CT molecular complexity index is 1100. The SMILES string of the molecule is CC(C)(NC(=O)c1ccc2ccccc2c1OCc1ccc(OC(F)F)cc1)C(=O)O. The normalized spacial score (nSPS) is 11.4. The maximum atomic E-state index is 12.8. The zero-order valence-electron chi connectivity index (χ0n) is 16.9. The van der Waals surface area contributed by atoms with Gasteiger partial charge in [0.15, 0.2) is 0 Å². The van der Waals surface area contributed by atoms with E-state index >= 15 is 0 Å². The summed E-state index contributed by atoms with van der Waals surface area (Å²) in [6.07, 6.45) is 0. The standard InChI is InChI=1S/C23H21F2NO5/c1-23(2,21(28)29)26-20(27)18-12-9-15-5-3-4-6-17(15)19(18)30-13-14-7-10-16(11-8-14)31-22(24)25/h3-12,22H,13H2,1-2H3,(H,26,27)(H,28,29). The molecule has 2 N–H and O–H groups in total. The molecule has 0 aliphatic carbocycles. The highest BCUT2D eigenvalue weighted by molar-refractivity contribution is 6.05. The molecule has 162 valence electrons. The number of alkyl halides is 2. The summed E-state index contributed by atoms with van der Waals surface area (Å²) in [7, 11) is 0. The Kier molecular flexibility index (Phi) is 6.39. The number of ether oxygens (including phenoxy) is 2. The van der Waals surface area contributed by atoms with Gasteiger partial charge in [0.05, 0.1) is 5.56 Å². The minimum atomic E-state index is -2.91. The van der Waals surface area contributed by atoms with Crippen LogP contribution in [0.5, 0.6) is 11.5 Å². The Morgan fingerprint density at radius 1 is 1.03 bits per heavy atom. The Labute approximate surface area is 177 Å². The minimum Gasteiger partial charge on any atom is -0.487 e. The van der Waals surface area contributed by atoms with E-state index in [2.05, 4.69) is 10.1 Å². The number of fused-ring (bicyclic) bond motifs is 1. The van der Waals surface area contributed by atoms with Crippen LogP contribution >= 0.6 is 0 Å². The molecular formula is C23H21F2NO5. The molecule has 31 heavy (non-hydrogen) atoms. The molecule has 0 aromatic heterocycles. The number of carboxylic acid groups (broad SMARTS) is 1. The van der Waals surface area contributed by atoms with E-state index in [1.807, 2.05) is 12.1 Å². The highest BCUT2D eigenvalue weighted by Crippen LogP contribution is 2.31. The number of nitrogens with one attached hydrogen (secondary N) is 1. The van der Waals surface area contributed by atoms with E-state index in [4.69, 9.17) is 4.74 Å². The van der Waals surface area contributed by atoms with Crippen molar-refractivity contribution in [3.05, 3.63) is 71.8 Å². The monoisotopic (exact) mass is 429 g/mol. The van der Waals surface area contributed by atoms with Crippen LogP contribution in [0.1, 0.15) is 29.8 Å². The van der Waals surface area contributed by atoms with E-state index in [-0.39, 0.29) is 17.9 Å². The number of hydrogen-bond acceptors (Lipinski definition) is 4. The van der Waals surface area contributed by atoms with Crippen molar-refractivity contribution in [2.45, 2.75) is 32.6 Å². The average Bonchev–Trinajstić information content (AvgIpc) is 2.72. The second kappa shape index (κ2) is 8.99. The van der Waals surface area contributed by atoms with Crippen LogP contribution in [0, 0.1) is 0 Å². The van der Waals surface area contributed by atoms with Crippen LogP contribution in [-0.4, -0.2) is 29.1 Å². The lowest BCUT2D eigenvalue weighted by atomic mass is 10.0. The van der Waals surface area contributed by atoms with Crippen molar-refractivity contribution < 1.29 is 33.0 Å². The van der Waals surface area contributed by atoms with Crippen LogP contribution in [0.4, 0.5) is 8.78 Å². The molecule has 0 spiro atoms. The lowest BCUT2D eigenvalue weighted by molar-refractivity contribution is -0.143. The summed E-state index contributed by atoms with van der Waals surface area (Å²) in [6.45, 7) is -0.0739. The van der Waals surface area contributed by atoms with Gasteiger partial charge in [-0.1, -0.05) is 42.5 Å². The summed E-state index contributed by atoms with van der Waals surface area (Å²) in [5, 5.41) is 13.3. The quantitative estimate of drug-likeness (QED) is 0.546. The number of amides is 1. The Morgan fingerprint density at radius 3 is 2.35 bits per heavy atom. The number of hydrogen-bond donors (Lipinski definition) is 2. The van der Waals surface area contributed by atoms with Crippen molar-refractivity contribution in [2.75, 3.05) is 0 Å². The molecule has 1 amide bonds. The van der Waals surface area contributed by atoms with Crippen molar-refractivity contribution in [3.8, 4) is 11.5 Å². The molecule has 0 fully saturated rings. The van der Waals surface area contributed by atoms with E-state index < -0.39 is 24.0 Å². The van der Waals surface area contributed by atoms with Crippen molar-refractivity contribution in [2.24, 2.45) is 0 Å². The molecule has 0 radical (unpaired) electrons. The first-order chi connectivity index (χ1) is 14.7. The summed E-state index contributed by atoms with van der Waals surface area (Å²) in [5.41, 5.74) is -0.613. The van der Waals surface area contributed by atoms with Gasteiger partial charge in [0, 0.05) is 5.39 Å². The molecule has 0 atom stereocenters. The summed E-state index contributed by atoms with van der Waals surface area (Å²) in [6, 6.07) is 16.6. The maximum Gasteiger partial charge on any atom is 0.387 e. The maximum absolute atomic E-state index is 12.8. The molecule has 0 aliphatic rings. The molecule has 6 nitrogen and oxygen atoms in total. The van der Waals surface area contributed by atoms with Crippen LogP contribution in [0.3, 0.4) is 0 Å². The number of halogens is 2. The Hall–Kier alpha value is -3.68. The first-order valence-electron chi connectivity index (χ1n) is 9.41. The number of benzene rings is 3. The Morgan fingerprint density at radius 2 is 1.71 bits per heavy atom. The molecule has 0 saturated carbocycles. The molecule has 0 bridgehead atoms. The first-order valence-corrected chi connectivity index (χ1v) is 9.41. The van der Waals surface area contributed by atoms with E-state index in [1.165, 1.54) is 26.0 Å². The van der Waals surface area contributed by atoms with Crippen molar-refractivity contribution in [1.82, 2.24) is 5.32 Å². The van der Waals surface area contributed by atoms with Gasteiger partial charge in [0.2, 0.25) is 0 Å². The van der Waals surface area contributed by atoms with Crippen LogP contribution in [0.25, 0.3) is 10.8 Å². The van der Waals surface area contributed by atoms with E-state index in [9.17, 15) is 23.5 Å². The third-order valence-electron chi connectivity index (χ3n) is 4.62. The fourth-order valence-corrected chi connectivity index (χ4v) is 2.90. The fraction of sp³-hybridized carbons (Fsp3) is 0.217. The lowest BCUT2D eigenvalue weighted by Crippen LogP contribution is -2.49. The summed E-state index contributed by atoms with van der Waals surface area (Å²) < 4.78 is 34.9. The Balaban J connectivity index is 1.89. The number of carboxylic acids is 1. The van der Waals surface area contributed by atoms with E-state index in [1.54, 1.807) is 36.4 Å². The largest absolute Gasteiger partial charge is 0.487 e. The zero-order chi connectivity index (χ0) is 22.6. The van der Waals surface area contributed by atoms with Crippen LogP contribution in [0.2, 0.25) is 0 Å². The molecule has 8 heteroatoms. The van der Waals surface area contributed by atoms with Gasteiger partial charge in [-0.25, -0.2) is 4.79 Å². The molecule has 0 aliphatic heterocycles. The van der Waals surface area contributed by atoms with Gasteiger partial charge in [-0.05, 0) is 43.0 Å². The summed E-state index contributed by atoms with van der Waals surface area (Å²) >= 11 is 0. The number of rotatable bonds is 8. The van der Waals surface area contributed by atoms with Crippen molar-refractivity contribution >= 4 is 22.6 Å². The van der Waals surface area contributed by atoms with E-state index in [0.29, 0.717) is 16.7 Å². The summed E-state index contributed by atoms with van der Waals surface area (Å²) in [4.78, 5) is 24.2. The van der Waals surface area contributed by atoms with Gasteiger partial charge < -0.3 is 19.9 Å². The van der Waals surface area contributed by atoms with Crippen molar-refractivity contribution in [1.29, 1.82) is 0 Å². The predicted molar refractivity (Wildman–Crippen MR) is 111 cm³/mol. The third-order valence-corrected chi connectivity index (χ3v) is 4.62. The molecule has 3 rings (SSSR count). The second-order valence-electron chi connectivity index (χ2n) is 7.36. The average molecular weight is 429 g/mol. The zero-order valence-corrected chi connectivity index (χ0v) is 16.9. The topological polar surface area (TPSA) is 84.9 Å². The number of carbonyl (C=O) groups excluding carboxylic acids is 1. The van der Waals surface area contributed by atoms with Crippen LogP contribution in [-0.2, 0) is 11.4 Å². The van der Waals surface area contributed by atoms with Gasteiger partial charge in [-0.3, -0.25) is 4.79 Å². The third kappa shape index (κ3) is 5.28. The highest BCUT2D eigenvalue weighted by atomic mass is 19.3. The van der Waals surface area contributed by atoms with Gasteiger partial charge in [0.25, 0.3) is 5.91 Å². The first kappa shape index (κ1) is 22.0. The summed E-state index contributed by atoms with van der Waals surface area (Å²) in [5.74, 6) is -1.44. The van der Waals surface area contributed by atoms with Crippen molar-refractivity contribution in [3.63, 3.8) is 0 Å². The van der Waals surface area contributed by atoms with Gasteiger partial charge >= 0.3 is 12.6 Å². The molecule has 3 aromatic rings. The molecular weight excluding hydrogens is 408 g/mol. The van der Waals surface area contributed by atoms with Crippen LogP contribution in [0.15, 0.2) is 60.7 Å². The van der Waals surface area contributed by atoms with Gasteiger partial charge in [-0.2, -0.15) is 8.78 Å². The van der Waals surface area contributed by atoms with E-state index in [0.717, 1.165) is 5.39 Å². The molecule has 3 aromatic carbocycles. The smallest absolute Gasteiger partial charge is 0.387 e. The van der Waals surface area contributed by atoms with Crippen LogP contribution < -0.4 is 14.8 Å². The number of aliphatic carboxylic acids is 1. The fourth-order valence-electron chi connectivity index (χ4n) is 2.90. The van der Waals surface area contributed by atoms with Gasteiger partial charge in [-0.15, -0.1) is 0 Å². The molecule has 0 saturated heterocycles. The second-order valence-corrected chi connectivity index (χ2v) is 7.36. The molecule has 0 heterocycles. The lowest BCUT2D eigenvalue weighted by Gasteiger charge is -2.22. The predicted octanol–water partition coefficient (Wildman–Crippen LogP) is 4.61. The van der Waals surface area contributed by atoms with Gasteiger partial charge in [0.1, 0.15) is 23.6 Å². The highest BCUT2D eigenvalue weighted by Gasteiger charge is 2.30. The number of carbonyl (C=O) groups is 2. The minimum absolute atomic E-state index is 0.0277.